The summed E-state index contributed by atoms with van der Waals surface area (Å²) in [5.41, 5.74) is 3.57. The van der Waals surface area contributed by atoms with Crippen LogP contribution in [-0.4, -0.2) is 0 Å². The summed E-state index contributed by atoms with van der Waals surface area (Å²) in [6.45, 7) is 11.5. The molecule has 1 aliphatic rings. The van der Waals surface area contributed by atoms with Crippen molar-refractivity contribution in [2.24, 2.45) is 11.3 Å². The molecule has 0 aromatic heterocycles. The summed E-state index contributed by atoms with van der Waals surface area (Å²) >= 11 is 0. The quantitative estimate of drug-likeness (QED) is 0.603. The van der Waals surface area contributed by atoms with Crippen molar-refractivity contribution in [2.75, 3.05) is 0 Å². The molecule has 1 unspecified atom stereocenters. The van der Waals surface area contributed by atoms with Gasteiger partial charge in [0.05, 0.1) is 0 Å². The van der Waals surface area contributed by atoms with Crippen LogP contribution in [0.25, 0.3) is 0 Å². The van der Waals surface area contributed by atoms with Gasteiger partial charge in [0.1, 0.15) is 0 Å². The predicted molar refractivity (Wildman–Crippen MR) is 59.7 cm³/mol. The molecule has 74 valence electrons. The summed E-state index contributed by atoms with van der Waals surface area (Å²) in [5, 5.41) is 0. The second-order valence-corrected chi connectivity index (χ2v) is 4.51. The van der Waals surface area contributed by atoms with Gasteiger partial charge in [-0.1, -0.05) is 45.4 Å². The number of allylic oxidation sites excluding steroid dienone is 4. The van der Waals surface area contributed by atoms with Crippen molar-refractivity contribution in [3.05, 3.63) is 23.3 Å². The Bertz CT molecular complexity index is 239. The topological polar surface area (TPSA) is 0 Å². The van der Waals surface area contributed by atoms with Crippen LogP contribution in [0.3, 0.4) is 0 Å². The van der Waals surface area contributed by atoms with Gasteiger partial charge in [0.2, 0.25) is 0 Å². The average Bonchev–Trinajstić information content (AvgIpc) is 2.47. The summed E-state index contributed by atoms with van der Waals surface area (Å²) < 4.78 is 0. The Morgan fingerprint density at radius 1 is 1.31 bits per heavy atom. The van der Waals surface area contributed by atoms with Crippen LogP contribution in [0.15, 0.2) is 23.3 Å². The van der Waals surface area contributed by atoms with Crippen LogP contribution < -0.4 is 0 Å². The van der Waals surface area contributed by atoms with Gasteiger partial charge in [0, 0.05) is 0 Å². The van der Waals surface area contributed by atoms with E-state index in [1.165, 1.54) is 12.8 Å². The van der Waals surface area contributed by atoms with Crippen molar-refractivity contribution in [3.8, 4) is 0 Å². The van der Waals surface area contributed by atoms with Crippen molar-refractivity contribution in [2.45, 2.75) is 47.5 Å². The van der Waals surface area contributed by atoms with Crippen molar-refractivity contribution >= 4 is 0 Å². The predicted octanol–water partition coefficient (Wildman–Crippen LogP) is 4.34. The smallest absolute Gasteiger partial charge is 0.00452 e. The fraction of sp³-hybridized carbons (Fsp3) is 0.692. The van der Waals surface area contributed by atoms with E-state index >= 15 is 0 Å². The number of hydrogen-bond donors (Lipinski definition) is 0. The van der Waals surface area contributed by atoms with E-state index in [-0.39, 0.29) is 0 Å². The first-order chi connectivity index (χ1) is 6.05. The number of hydrogen-bond acceptors (Lipinski definition) is 0. The molecule has 0 bridgehead atoms. The lowest BCUT2D eigenvalue weighted by molar-refractivity contribution is 0.373. The molecule has 0 aromatic rings. The monoisotopic (exact) mass is 178 g/mol. The lowest BCUT2D eigenvalue weighted by Gasteiger charge is -2.29. The Balaban J connectivity index is 3.00. The van der Waals surface area contributed by atoms with Crippen LogP contribution >= 0.6 is 0 Å². The lowest BCUT2D eigenvalue weighted by atomic mass is 9.76. The van der Waals surface area contributed by atoms with E-state index in [0.717, 1.165) is 0 Å². The molecular formula is C13H22. The highest BCUT2D eigenvalue weighted by atomic mass is 14.3. The molecule has 0 saturated carbocycles. The van der Waals surface area contributed by atoms with Crippen LogP contribution in [-0.2, 0) is 0 Å². The van der Waals surface area contributed by atoms with Gasteiger partial charge in [0.15, 0.2) is 0 Å². The van der Waals surface area contributed by atoms with E-state index in [2.05, 4.69) is 46.8 Å². The third kappa shape index (κ3) is 1.72. The van der Waals surface area contributed by atoms with Gasteiger partial charge in [0.25, 0.3) is 0 Å². The highest BCUT2D eigenvalue weighted by molar-refractivity contribution is 5.39. The molecule has 0 fully saturated rings. The molecule has 0 radical (unpaired) electrons. The molecule has 0 aromatic carbocycles. The zero-order chi connectivity index (χ0) is 10.1. The van der Waals surface area contributed by atoms with Crippen molar-refractivity contribution in [3.63, 3.8) is 0 Å². The Morgan fingerprint density at radius 2 is 1.85 bits per heavy atom. The van der Waals surface area contributed by atoms with Gasteiger partial charge >= 0.3 is 0 Å². The third-order valence-electron chi connectivity index (χ3n) is 3.87. The second kappa shape index (κ2) is 3.69. The zero-order valence-corrected chi connectivity index (χ0v) is 9.65. The Kier molecular flexibility index (Phi) is 3.00. The van der Waals surface area contributed by atoms with Crippen LogP contribution in [0.1, 0.15) is 47.5 Å². The minimum absolute atomic E-state index is 0.408. The molecule has 0 saturated heterocycles. The molecule has 0 spiro atoms. The zero-order valence-electron chi connectivity index (χ0n) is 9.65. The normalized spacial score (nSPS) is 23.0. The highest BCUT2D eigenvalue weighted by Gasteiger charge is 2.28. The average molecular weight is 178 g/mol. The number of rotatable bonds is 3. The largest absolute Gasteiger partial charge is 0.0773 e. The molecule has 1 atom stereocenters. The van der Waals surface area contributed by atoms with Gasteiger partial charge in [-0.15, -0.1) is 0 Å². The van der Waals surface area contributed by atoms with E-state index < -0.39 is 0 Å². The summed E-state index contributed by atoms with van der Waals surface area (Å²) in [7, 11) is 0. The standard InChI is InChI=1S/C13H22/c1-6-13(5,7-2)12-9-8-10(3)11(12)4/h8-10H,6-7H2,1-5H3. The Morgan fingerprint density at radius 3 is 2.15 bits per heavy atom. The minimum Gasteiger partial charge on any atom is -0.0773 e. The SMILES string of the molecule is CCC(C)(CC)C1=C(C)C(C)C=C1. The summed E-state index contributed by atoms with van der Waals surface area (Å²) in [4.78, 5) is 0. The van der Waals surface area contributed by atoms with E-state index in [9.17, 15) is 0 Å². The van der Waals surface area contributed by atoms with Crippen molar-refractivity contribution in [1.29, 1.82) is 0 Å². The van der Waals surface area contributed by atoms with Crippen molar-refractivity contribution < 1.29 is 0 Å². The molecule has 1 rings (SSSR count). The van der Waals surface area contributed by atoms with Crippen LogP contribution in [0.4, 0.5) is 0 Å². The minimum atomic E-state index is 0.408. The maximum Gasteiger partial charge on any atom is -0.00452 e. The molecule has 0 N–H and O–H groups in total. The molecule has 0 amide bonds. The van der Waals surface area contributed by atoms with Gasteiger partial charge in [-0.05, 0) is 36.7 Å². The van der Waals surface area contributed by atoms with E-state index in [1.807, 2.05) is 0 Å². The first-order valence-corrected chi connectivity index (χ1v) is 5.44. The molecule has 13 heavy (non-hydrogen) atoms. The van der Waals surface area contributed by atoms with Gasteiger partial charge in [-0.3, -0.25) is 0 Å². The maximum atomic E-state index is 2.38. The molecule has 0 heterocycles. The second-order valence-electron chi connectivity index (χ2n) is 4.51. The van der Waals surface area contributed by atoms with Gasteiger partial charge in [-0.2, -0.15) is 0 Å². The molecular weight excluding hydrogens is 156 g/mol. The summed E-state index contributed by atoms with van der Waals surface area (Å²) in [6.07, 6.45) is 7.15. The Hall–Kier alpha value is -0.520. The van der Waals surface area contributed by atoms with E-state index in [4.69, 9.17) is 0 Å². The fourth-order valence-electron chi connectivity index (χ4n) is 2.07. The highest BCUT2D eigenvalue weighted by Crippen LogP contribution is 2.41. The third-order valence-corrected chi connectivity index (χ3v) is 3.87. The Labute approximate surface area is 82.7 Å². The summed E-state index contributed by atoms with van der Waals surface area (Å²) in [5.74, 6) is 0.660. The van der Waals surface area contributed by atoms with Crippen LogP contribution in [0.2, 0.25) is 0 Å². The van der Waals surface area contributed by atoms with Crippen LogP contribution in [0, 0.1) is 11.3 Å². The lowest BCUT2D eigenvalue weighted by Crippen LogP contribution is -2.16. The fourth-order valence-corrected chi connectivity index (χ4v) is 2.07. The van der Waals surface area contributed by atoms with Gasteiger partial charge < -0.3 is 0 Å². The molecule has 0 nitrogen and oxygen atoms in total. The maximum absolute atomic E-state index is 2.38. The van der Waals surface area contributed by atoms with E-state index in [0.29, 0.717) is 11.3 Å². The van der Waals surface area contributed by atoms with Gasteiger partial charge in [-0.25, -0.2) is 0 Å². The first kappa shape index (κ1) is 10.6. The van der Waals surface area contributed by atoms with Crippen LogP contribution in [0.5, 0.6) is 0 Å². The molecule has 1 aliphatic carbocycles. The van der Waals surface area contributed by atoms with Crippen molar-refractivity contribution in [1.82, 2.24) is 0 Å². The molecule has 0 aliphatic heterocycles. The first-order valence-electron chi connectivity index (χ1n) is 5.44. The van der Waals surface area contributed by atoms with E-state index in [1.54, 1.807) is 11.1 Å². The summed E-state index contributed by atoms with van der Waals surface area (Å²) in [6, 6.07) is 0. The molecule has 0 heteroatoms.